The number of carbonyl (C=O) groups excluding carboxylic acids is 2. The molecule has 0 aliphatic heterocycles. The number of amides is 3. The number of anilines is 4. The topological polar surface area (TPSA) is 134 Å². The average Bonchev–Trinajstić information content (AvgIpc) is 2.79. The van der Waals surface area contributed by atoms with Crippen LogP contribution in [0.5, 0.6) is 0 Å². The molecule has 0 radical (unpaired) electrons. The average molecular weight is 480 g/mol. The molecule has 4 rings (SSSR count). The van der Waals surface area contributed by atoms with Crippen LogP contribution < -0.4 is 27.0 Å². The standard InChI is InChI=1S/C24H26ClN7O2/c1-14(15-6-3-2-4-7-15)28-22-18(21(26)33)13-27-23(32-22)29-17-10-11-19(25)20(12-17)31-24(34)30-16-8-5-9-16/h2-4,6-7,10-14,16H,5,8-9H2,1H3,(H2,26,33)(H2,30,31,34)(H2,27,28,29,32)/t14-/m1/s1. The van der Waals surface area contributed by atoms with E-state index in [0.717, 1.165) is 24.8 Å². The molecule has 1 aliphatic carbocycles. The Morgan fingerprint density at radius 1 is 1.15 bits per heavy atom. The van der Waals surface area contributed by atoms with E-state index in [2.05, 4.69) is 31.2 Å². The van der Waals surface area contributed by atoms with Gasteiger partial charge in [0.05, 0.1) is 16.3 Å². The molecule has 0 saturated heterocycles. The van der Waals surface area contributed by atoms with E-state index in [4.69, 9.17) is 17.3 Å². The molecular formula is C24H26ClN7O2. The van der Waals surface area contributed by atoms with Crippen LogP contribution in [0.3, 0.4) is 0 Å². The number of carbonyl (C=O) groups is 2. The quantitative estimate of drug-likeness (QED) is 0.314. The van der Waals surface area contributed by atoms with Crippen molar-refractivity contribution in [3.8, 4) is 0 Å². The molecule has 0 bridgehead atoms. The van der Waals surface area contributed by atoms with Gasteiger partial charge in [-0.05, 0) is 49.9 Å². The summed E-state index contributed by atoms with van der Waals surface area (Å²) in [6, 6.07) is 14.6. The summed E-state index contributed by atoms with van der Waals surface area (Å²) in [7, 11) is 0. The van der Waals surface area contributed by atoms with E-state index in [9.17, 15) is 9.59 Å². The monoisotopic (exact) mass is 479 g/mol. The molecule has 1 aliphatic rings. The second-order valence-corrected chi connectivity index (χ2v) is 8.55. The van der Waals surface area contributed by atoms with Crippen molar-refractivity contribution in [2.24, 2.45) is 5.73 Å². The molecule has 2 aromatic carbocycles. The van der Waals surface area contributed by atoms with Gasteiger partial charge in [0.25, 0.3) is 5.91 Å². The Balaban J connectivity index is 1.51. The van der Waals surface area contributed by atoms with Crippen LogP contribution >= 0.6 is 11.6 Å². The fourth-order valence-electron chi connectivity index (χ4n) is 3.49. The third kappa shape index (κ3) is 5.74. The largest absolute Gasteiger partial charge is 0.365 e. The first kappa shape index (κ1) is 23.3. The third-order valence-electron chi connectivity index (χ3n) is 5.62. The van der Waals surface area contributed by atoms with Gasteiger partial charge in [-0.1, -0.05) is 41.9 Å². The first-order valence-corrected chi connectivity index (χ1v) is 11.4. The maximum Gasteiger partial charge on any atom is 0.319 e. The van der Waals surface area contributed by atoms with Crippen molar-refractivity contribution in [1.29, 1.82) is 0 Å². The fourth-order valence-corrected chi connectivity index (χ4v) is 3.65. The number of primary amides is 1. The van der Waals surface area contributed by atoms with Crippen LogP contribution in [0.25, 0.3) is 0 Å². The highest BCUT2D eigenvalue weighted by molar-refractivity contribution is 6.33. The lowest BCUT2D eigenvalue weighted by atomic mass is 9.93. The van der Waals surface area contributed by atoms with E-state index in [0.29, 0.717) is 22.2 Å². The molecule has 6 N–H and O–H groups in total. The lowest BCUT2D eigenvalue weighted by molar-refractivity contribution is 0.100. The van der Waals surface area contributed by atoms with Crippen LogP contribution in [0.15, 0.2) is 54.7 Å². The number of aromatic nitrogens is 2. The summed E-state index contributed by atoms with van der Waals surface area (Å²) in [5.74, 6) is -0.0711. The van der Waals surface area contributed by atoms with Gasteiger partial charge in [-0.25, -0.2) is 9.78 Å². The number of nitrogens with one attached hydrogen (secondary N) is 4. The van der Waals surface area contributed by atoms with Crippen LogP contribution in [0, 0.1) is 0 Å². The van der Waals surface area contributed by atoms with E-state index < -0.39 is 5.91 Å². The van der Waals surface area contributed by atoms with Crippen molar-refractivity contribution in [2.75, 3.05) is 16.0 Å². The van der Waals surface area contributed by atoms with Crippen LogP contribution in [0.4, 0.5) is 27.9 Å². The number of nitrogens with two attached hydrogens (primary N) is 1. The number of urea groups is 1. The molecule has 10 heteroatoms. The summed E-state index contributed by atoms with van der Waals surface area (Å²) in [6.07, 6.45) is 4.47. The van der Waals surface area contributed by atoms with E-state index in [1.807, 2.05) is 37.3 Å². The number of rotatable bonds is 8. The van der Waals surface area contributed by atoms with Gasteiger partial charge in [0, 0.05) is 24.0 Å². The van der Waals surface area contributed by atoms with Crippen LogP contribution in [-0.4, -0.2) is 27.9 Å². The molecule has 9 nitrogen and oxygen atoms in total. The molecule has 176 valence electrons. The molecule has 1 aromatic heterocycles. The molecule has 0 unspecified atom stereocenters. The van der Waals surface area contributed by atoms with Crippen LogP contribution in [0.2, 0.25) is 5.02 Å². The second-order valence-electron chi connectivity index (χ2n) is 8.14. The Kier molecular flexibility index (Phi) is 7.12. The lowest BCUT2D eigenvalue weighted by Gasteiger charge is -2.26. The molecular weight excluding hydrogens is 454 g/mol. The van der Waals surface area contributed by atoms with Crippen molar-refractivity contribution < 1.29 is 9.59 Å². The number of nitrogens with zero attached hydrogens (tertiary/aromatic N) is 2. The van der Waals surface area contributed by atoms with Crippen molar-refractivity contribution >= 4 is 46.7 Å². The van der Waals surface area contributed by atoms with Crippen molar-refractivity contribution in [3.63, 3.8) is 0 Å². The van der Waals surface area contributed by atoms with E-state index in [-0.39, 0.29) is 29.6 Å². The minimum atomic E-state index is -0.634. The highest BCUT2D eigenvalue weighted by Gasteiger charge is 2.20. The smallest absolute Gasteiger partial charge is 0.319 e. The number of hydrogen-bond acceptors (Lipinski definition) is 6. The Bertz CT molecular complexity index is 1190. The highest BCUT2D eigenvalue weighted by Crippen LogP contribution is 2.28. The Morgan fingerprint density at radius 3 is 2.59 bits per heavy atom. The normalized spacial score (nSPS) is 13.9. The molecule has 3 aromatic rings. The fraction of sp³-hybridized carbons (Fsp3) is 0.250. The molecule has 0 spiro atoms. The number of benzene rings is 2. The Morgan fingerprint density at radius 2 is 1.91 bits per heavy atom. The zero-order valence-corrected chi connectivity index (χ0v) is 19.4. The van der Waals surface area contributed by atoms with Gasteiger partial charge in [0.1, 0.15) is 5.82 Å². The predicted octanol–water partition coefficient (Wildman–Crippen LogP) is 4.82. The van der Waals surface area contributed by atoms with Gasteiger partial charge in [0.15, 0.2) is 0 Å². The SMILES string of the molecule is C[C@@H](Nc1nc(Nc2ccc(Cl)c(NC(=O)NC3CCC3)c2)ncc1C(N)=O)c1ccccc1. The van der Waals surface area contributed by atoms with Crippen molar-refractivity contribution in [2.45, 2.75) is 38.3 Å². The minimum absolute atomic E-state index is 0.123. The third-order valence-corrected chi connectivity index (χ3v) is 5.95. The van der Waals surface area contributed by atoms with Crippen LogP contribution in [0.1, 0.15) is 48.1 Å². The molecule has 3 amide bonds. The Labute approximate surface area is 202 Å². The predicted molar refractivity (Wildman–Crippen MR) is 134 cm³/mol. The maximum atomic E-state index is 12.2. The van der Waals surface area contributed by atoms with Gasteiger partial charge in [-0.3, -0.25) is 4.79 Å². The number of hydrogen-bond donors (Lipinski definition) is 5. The molecule has 1 saturated carbocycles. The zero-order valence-electron chi connectivity index (χ0n) is 18.6. The molecule has 1 heterocycles. The molecule has 34 heavy (non-hydrogen) atoms. The van der Waals surface area contributed by atoms with Gasteiger partial charge in [0.2, 0.25) is 5.95 Å². The van der Waals surface area contributed by atoms with Crippen molar-refractivity contribution in [3.05, 3.63) is 70.9 Å². The molecule has 1 atom stereocenters. The second kappa shape index (κ2) is 10.4. The maximum absolute atomic E-state index is 12.2. The summed E-state index contributed by atoms with van der Waals surface area (Å²) >= 11 is 6.26. The summed E-state index contributed by atoms with van der Waals surface area (Å²) in [6.45, 7) is 1.96. The first-order valence-electron chi connectivity index (χ1n) is 11.0. The first-order chi connectivity index (χ1) is 16.4. The highest BCUT2D eigenvalue weighted by atomic mass is 35.5. The van der Waals surface area contributed by atoms with Gasteiger partial charge >= 0.3 is 6.03 Å². The van der Waals surface area contributed by atoms with Crippen LogP contribution in [-0.2, 0) is 0 Å². The summed E-state index contributed by atoms with van der Waals surface area (Å²) in [5.41, 5.74) is 7.79. The van der Waals surface area contributed by atoms with Crippen molar-refractivity contribution in [1.82, 2.24) is 15.3 Å². The minimum Gasteiger partial charge on any atom is -0.365 e. The van der Waals surface area contributed by atoms with E-state index in [1.165, 1.54) is 6.20 Å². The van der Waals surface area contributed by atoms with Gasteiger partial charge in [-0.15, -0.1) is 0 Å². The lowest BCUT2D eigenvalue weighted by Crippen LogP contribution is -2.41. The summed E-state index contributed by atoms with van der Waals surface area (Å²) in [5, 5.41) is 12.4. The number of halogens is 1. The van der Waals surface area contributed by atoms with E-state index in [1.54, 1.807) is 18.2 Å². The Hall–Kier alpha value is -3.85. The molecule has 1 fully saturated rings. The van der Waals surface area contributed by atoms with Gasteiger partial charge < -0.3 is 27.0 Å². The zero-order chi connectivity index (χ0) is 24.1. The summed E-state index contributed by atoms with van der Waals surface area (Å²) < 4.78 is 0. The van der Waals surface area contributed by atoms with Gasteiger partial charge in [-0.2, -0.15) is 4.98 Å². The van der Waals surface area contributed by atoms with E-state index >= 15 is 0 Å². The summed E-state index contributed by atoms with van der Waals surface area (Å²) in [4.78, 5) is 32.8.